The highest BCUT2D eigenvalue weighted by atomic mass is 31.2. The lowest BCUT2D eigenvalue weighted by molar-refractivity contribution is -0.124. The minimum Gasteiger partial charge on any atom is -0.497 e. The highest BCUT2D eigenvalue weighted by molar-refractivity contribution is 7.44. The number of carbonyl (C=O) groups excluding carboxylic acids is 2. The Bertz CT molecular complexity index is 2710. The average Bonchev–Trinajstić information content (AvgIpc) is 3.35. The Balaban J connectivity index is 1.54. The lowest BCUT2D eigenvalue weighted by Gasteiger charge is -2.41. The molecule has 1 aromatic heterocycles. The van der Waals surface area contributed by atoms with Gasteiger partial charge >= 0.3 is 5.69 Å². The maximum absolute atomic E-state index is 14.5. The number of nitrogens with zero attached hydrogens (tertiary/aromatic N) is 3. The summed E-state index contributed by atoms with van der Waals surface area (Å²) >= 11 is 0. The fraction of sp³-hybridized carbons (Fsp3) is 0.302. The van der Waals surface area contributed by atoms with Gasteiger partial charge in [-0.25, -0.2) is 9.46 Å². The molecule has 1 unspecified atom stereocenters. The number of ether oxygens (including phenoxy) is 3. The van der Waals surface area contributed by atoms with Gasteiger partial charge in [0.2, 0.25) is 5.91 Å². The van der Waals surface area contributed by atoms with Crippen LogP contribution in [0, 0.1) is 18.3 Å². The van der Waals surface area contributed by atoms with E-state index in [1.54, 1.807) is 69.7 Å². The van der Waals surface area contributed by atoms with Crippen LogP contribution in [0.4, 0.5) is 5.69 Å². The fourth-order valence-electron chi connectivity index (χ4n) is 7.94. The molecule has 69 heavy (non-hydrogen) atoms. The maximum Gasteiger partial charge on any atom is 0.328 e. The average molecular weight is 955 g/mol. The van der Waals surface area contributed by atoms with Crippen LogP contribution in [-0.2, 0) is 30.7 Å². The van der Waals surface area contributed by atoms with Crippen LogP contribution in [0.5, 0.6) is 11.5 Å². The largest absolute Gasteiger partial charge is 0.497 e. The Kier molecular flexibility index (Phi) is 18.2. The zero-order valence-electron chi connectivity index (χ0n) is 39.9. The lowest BCUT2D eigenvalue weighted by Crippen LogP contribution is -2.48. The molecule has 0 aliphatic carbocycles. The van der Waals surface area contributed by atoms with Gasteiger partial charge < -0.3 is 33.9 Å². The van der Waals surface area contributed by atoms with Gasteiger partial charge in [-0.15, -0.1) is 0 Å². The smallest absolute Gasteiger partial charge is 0.328 e. The minimum atomic E-state index is -1.95. The number of benzene rings is 5. The number of rotatable bonds is 23. The number of carbonyl (C=O) groups is 2. The molecule has 3 N–H and O–H groups in total. The molecule has 0 radical (unpaired) electrons. The first-order chi connectivity index (χ1) is 33.3. The Labute approximate surface area is 403 Å². The maximum atomic E-state index is 14.5. The molecule has 360 valence electrons. The molecule has 15 nitrogen and oxygen atoms in total. The molecular formula is C53H59N6O9P. The number of aromatic nitrogens is 2. The zero-order valence-corrected chi connectivity index (χ0v) is 40.8. The summed E-state index contributed by atoms with van der Waals surface area (Å²) in [6.45, 7) is 9.05. The molecule has 0 fully saturated rings. The van der Waals surface area contributed by atoms with E-state index in [1.807, 2.05) is 113 Å². The van der Waals surface area contributed by atoms with Gasteiger partial charge in [-0.2, -0.15) is 5.26 Å². The monoisotopic (exact) mass is 954 g/mol. The molecule has 0 saturated carbocycles. The molecule has 1 heterocycles. The van der Waals surface area contributed by atoms with Crippen LogP contribution in [0.3, 0.4) is 0 Å². The van der Waals surface area contributed by atoms with E-state index in [1.165, 1.54) is 6.20 Å². The van der Waals surface area contributed by atoms with Gasteiger partial charge in [-0.3, -0.25) is 23.9 Å². The Morgan fingerprint density at radius 2 is 1.33 bits per heavy atom. The topological polar surface area (TPSA) is 186 Å². The third kappa shape index (κ3) is 13.0. The number of aryl methyl sites for hydroxylation is 1. The highest BCUT2D eigenvalue weighted by Gasteiger charge is 2.41. The molecule has 0 spiro atoms. The van der Waals surface area contributed by atoms with E-state index >= 15 is 0 Å². The van der Waals surface area contributed by atoms with Gasteiger partial charge in [0.15, 0.2) is 0 Å². The normalized spacial score (nSPS) is 12.8. The van der Waals surface area contributed by atoms with Crippen molar-refractivity contribution >= 4 is 26.0 Å². The number of H-pyrrole nitrogens is 1. The Hall–Kier alpha value is -6.92. The SMILES string of the molecule is COc1ccc(C(OC[C@@H](NC(=O)Cn2cc(C)c(=O)[nH]c2=O)[C@H](OP(OCCC#N)N(C(C)C)C(C)C)c2ccc(NC(=O)c3ccccc3)cc2)(c2ccccc2)c2ccc(OC)cc2)cc1. The van der Waals surface area contributed by atoms with Crippen molar-refractivity contribution in [1.82, 2.24) is 19.5 Å². The number of amides is 2. The standard InChI is InChI=1S/C53H59N6O9P/c1-36(2)59(37(3)4)69(67-32-14-31-54)68-49(39-19-25-44(26-20-39)55-51(62)40-15-10-8-11-16-40)47(56-48(60)34-58-33-38(5)50(61)57-52(58)63)35-66-53(41-17-12-9-13-18-41,42-21-27-45(64-6)28-22-42)43-23-29-46(65-7)30-24-43/h8-13,15-30,33,36-37,47,49H,14,32,34-35H2,1-7H3,(H,55,62)(H,56,60)(H,57,61,63)/t47-,49-,69?/m1/s1. The minimum absolute atomic E-state index is 0.0728. The van der Waals surface area contributed by atoms with Crippen LogP contribution in [0.25, 0.3) is 0 Å². The first kappa shape index (κ1) is 51.5. The molecule has 0 aliphatic rings. The van der Waals surface area contributed by atoms with E-state index < -0.39 is 50.0 Å². The first-order valence-corrected chi connectivity index (χ1v) is 23.7. The second-order valence-electron chi connectivity index (χ2n) is 16.7. The van der Waals surface area contributed by atoms with Crippen molar-refractivity contribution in [3.63, 3.8) is 0 Å². The molecular weight excluding hydrogens is 896 g/mol. The molecule has 6 rings (SSSR count). The molecule has 16 heteroatoms. The molecule has 5 aromatic carbocycles. The van der Waals surface area contributed by atoms with E-state index in [2.05, 4.69) is 26.4 Å². The Morgan fingerprint density at radius 3 is 1.87 bits per heavy atom. The molecule has 3 atom stereocenters. The summed E-state index contributed by atoms with van der Waals surface area (Å²) in [4.78, 5) is 55.4. The first-order valence-electron chi connectivity index (χ1n) is 22.6. The van der Waals surface area contributed by atoms with Crippen molar-refractivity contribution in [2.45, 2.75) is 77.4 Å². The summed E-state index contributed by atoms with van der Waals surface area (Å²) in [6.07, 6.45) is 0.407. The van der Waals surface area contributed by atoms with Gasteiger partial charge in [-0.05, 0) is 105 Å². The van der Waals surface area contributed by atoms with Crippen LogP contribution in [-0.4, -0.2) is 71.6 Å². The number of nitriles is 1. The summed E-state index contributed by atoms with van der Waals surface area (Å²) in [6, 6.07) is 41.7. The number of nitrogens with one attached hydrogen (secondary N) is 3. The summed E-state index contributed by atoms with van der Waals surface area (Å²) < 4.78 is 35.5. The lowest BCUT2D eigenvalue weighted by atomic mass is 9.80. The Morgan fingerprint density at radius 1 is 0.783 bits per heavy atom. The van der Waals surface area contributed by atoms with Crippen LogP contribution >= 0.6 is 8.53 Å². The second-order valence-corrected chi connectivity index (χ2v) is 18.1. The summed E-state index contributed by atoms with van der Waals surface area (Å²) in [5, 5.41) is 15.7. The van der Waals surface area contributed by atoms with Gasteiger partial charge in [0.1, 0.15) is 29.7 Å². The van der Waals surface area contributed by atoms with E-state index in [0.717, 1.165) is 21.3 Å². The molecule has 0 aliphatic heterocycles. The number of anilines is 1. The number of methoxy groups -OCH3 is 2. The summed E-state index contributed by atoms with van der Waals surface area (Å²) in [5.41, 5.74) is 1.43. The number of hydrogen-bond acceptors (Lipinski definition) is 11. The van der Waals surface area contributed by atoms with Crippen LogP contribution in [0.2, 0.25) is 0 Å². The fourth-order valence-corrected chi connectivity index (χ4v) is 9.71. The molecule has 6 aromatic rings. The molecule has 0 saturated heterocycles. The van der Waals surface area contributed by atoms with Crippen molar-refractivity contribution in [3.8, 4) is 17.6 Å². The van der Waals surface area contributed by atoms with Crippen molar-refractivity contribution < 1.29 is 32.8 Å². The summed E-state index contributed by atoms with van der Waals surface area (Å²) in [7, 11) is 1.24. The molecule has 2 amide bonds. The zero-order chi connectivity index (χ0) is 49.5. The predicted molar refractivity (Wildman–Crippen MR) is 266 cm³/mol. The van der Waals surface area contributed by atoms with Crippen molar-refractivity contribution in [3.05, 3.63) is 194 Å². The second kappa shape index (κ2) is 24.4. The van der Waals surface area contributed by atoms with Crippen LogP contribution < -0.4 is 31.4 Å². The van der Waals surface area contributed by atoms with Crippen molar-refractivity contribution in [1.29, 1.82) is 5.26 Å². The third-order valence-corrected chi connectivity index (χ3v) is 13.4. The third-order valence-electron chi connectivity index (χ3n) is 11.3. The van der Waals surface area contributed by atoms with Gasteiger partial charge in [0.05, 0.1) is 46.0 Å². The van der Waals surface area contributed by atoms with Crippen LogP contribution in [0.15, 0.2) is 149 Å². The molecule has 0 bridgehead atoms. The van der Waals surface area contributed by atoms with Crippen molar-refractivity contribution in [2.75, 3.05) is 32.8 Å². The van der Waals surface area contributed by atoms with E-state index in [4.69, 9.17) is 23.3 Å². The van der Waals surface area contributed by atoms with Gasteiger partial charge in [0, 0.05) is 35.1 Å². The van der Waals surface area contributed by atoms with E-state index in [9.17, 15) is 24.4 Å². The van der Waals surface area contributed by atoms with E-state index in [0.29, 0.717) is 28.3 Å². The highest BCUT2D eigenvalue weighted by Crippen LogP contribution is 2.51. The predicted octanol–water partition coefficient (Wildman–Crippen LogP) is 8.64. The number of hydrogen-bond donors (Lipinski definition) is 3. The van der Waals surface area contributed by atoms with Gasteiger partial charge in [0.25, 0.3) is 20.0 Å². The van der Waals surface area contributed by atoms with Crippen LogP contribution in [0.1, 0.15) is 78.4 Å². The van der Waals surface area contributed by atoms with Crippen molar-refractivity contribution in [2.24, 2.45) is 0 Å². The number of aromatic amines is 1. The van der Waals surface area contributed by atoms with E-state index in [-0.39, 0.29) is 43.2 Å². The summed E-state index contributed by atoms with van der Waals surface area (Å²) in [5.74, 6) is 0.385. The quantitative estimate of drug-likeness (QED) is 0.0317. The van der Waals surface area contributed by atoms with Gasteiger partial charge in [-0.1, -0.05) is 84.9 Å².